The molecule has 1 saturated carbocycles. The first-order valence-electron chi connectivity index (χ1n) is 11.1. The van der Waals surface area contributed by atoms with Crippen LogP contribution in [-0.4, -0.2) is 29.6 Å². The van der Waals surface area contributed by atoms with Gasteiger partial charge in [0.25, 0.3) is 0 Å². The van der Waals surface area contributed by atoms with E-state index >= 15 is 0 Å². The molecule has 4 rings (SSSR count). The van der Waals surface area contributed by atoms with Crippen molar-refractivity contribution in [1.29, 1.82) is 0 Å². The first kappa shape index (κ1) is 23.1. The zero-order chi connectivity index (χ0) is 24.1. The Hall–Kier alpha value is -4.06. The molecule has 0 aromatic heterocycles. The number of nitro groups is 1. The molecule has 0 radical (unpaired) electrons. The molecule has 3 aromatic carbocycles. The quantitative estimate of drug-likeness (QED) is 0.215. The van der Waals surface area contributed by atoms with E-state index in [1.807, 2.05) is 36.4 Å². The van der Waals surface area contributed by atoms with Crippen molar-refractivity contribution in [3.8, 4) is 5.75 Å². The maximum absolute atomic E-state index is 13.4. The van der Waals surface area contributed by atoms with Crippen LogP contribution < -0.4 is 4.74 Å². The Bertz CT molecular complexity index is 1190. The smallest absolute Gasteiger partial charge is 0.228 e. The van der Waals surface area contributed by atoms with Gasteiger partial charge in [0.15, 0.2) is 5.78 Å². The zero-order valence-electron chi connectivity index (χ0n) is 18.7. The van der Waals surface area contributed by atoms with Crippen molar-refractivity contribution < 1.29 is 19.2 Å². The number of ether oxygens (including phenoxy) is 1. The summed E-state index contributed by atoms with van der Waals surface area (Å²) in [5, 5.41) is 12.4. The minimum absolute atomic E-state index is 0.0576. The lowest BCUT2D eigenvalue weighted by Gasteiger charge is -2.36. The fourth-order valence-electron chi connectivity index (χ4n) is 4.80. The van der Waals surface area contributed by atoms with E-state index in [1.165, 1.54) is 13.2 Å². The highest BCUT2D eigenvalue weighted by atomic mass is 16.6. The summed E-state index contributed by atoms with van der Waals surface area (Å²) in [6, 6.07) is 24.0. The average molecular weight is 456 g/mol. The van der Waals surface area contributed by atoms with E-state index in [4.69, 9.17) is 4.74 Å². The van der Waals surface area contributed by atoms with E-state index in [1.54, 1.807) is 54.6 Å². The number of hydrogen-bond acceptors (Lipinski definition) is 5. The zero-order valence-corrected chi connectivity index (χ0v) is 18.7. The molecule has 0 saturated heterocycles. The van der Waals surface area contributed by atoms with Gasteiger partial charge in [0.05, 0.1) is 24.9 Å². The molecule has 4 atom stereocenters. The molecular weight excluding hydrogens is 430 g/mol. The number of hydrogen-bond donors (Lipinski definition) is 0. The van der Waals surface area contributed by atoms with E-state index in [-0.39, 0.29) is 17.1 Å². The Balaban J connectivity index is 1.78. The van der Waals surface area contributed by atoms with Crippen LogP contribution in [0, 0.1) is 16.0 Å². The number of carbonyl (C=O) groups excluding carboxylic acids is 2. The maximum atomic E-state index is 13.4. The molecule has 1 aliphatic rings. The third kappa shape index (κ3) is 4.81. The van der Waals surface area contributed by atoms with Gasteiger partial charge < -0.3 is 4.74 Å². The third-order valence-electron chi connectivity index (χ3n) is 6.43. The number of allylic oxidation sites excluding steroid dienone is 1. The van der Waals surface area contributed by atoms with Gasteiger partial charge in [0, 0.05) is 11.3 Å². The standard InChI is InChI=1S/C28H25NO5/c1-34-22-15-13-21(14-16-22)26-27(24(30)17-12-19-8-4-2-5-9-19)25(31)18-23(28(26)29(32)33)20-10-6-3-7-11-20/h2-17,23,26-28H,18H2,1H3/b17-12+. The largest absolute Gasteiger partial charge is 0.497 e. The van der Waals surface area contributed by atoms with Crippen molar-refractivity contribution in [2.45, 2.75) is 24.3 Å². The summed E-state index contributed by atoms with van der Waals surface area (Å²) in [6.07, 6.45) is 2.96. The second-order valence-corrected chi connectivity index (χ2v) is 8.39. The molecule has 0 spiro atoms. The first-order valence-corrected chi connectivity index (χ1v) is 11.1. The Labute approximate surface area is 198 Å². The average Bonchev–Trinajstić information content (AvgIpc) is 2.87. The minimum Gasteiger partial charge on any atom is -0.497 e. The number of methoxy groups -OCH3 is 1. The summed E-state index contributed by atoms with van der Waals surface area (Å²) in [5.74, 6) is -2.78. The van der Waals surface area contributed by atoms with Crippen LogP contribution in [0.3, 0.4) is 0 Å². The summed E-state index contributed by atoms with van der Waals surface area (Å²) >= 11 is 0. The van der Waals surface area contributed by atoms with E-state index in [9.17, 15) is 19.7 Å². The molecule has 6 nitrogen and oxygen atoms in total. The van der Waals surface area contributed by atoms with Crippen LogP contribution in [0.15, 0.2) is 91.0 Å². The Kier molecular flexibility index (Phi) is 6.97. The second-order valence-electron chi connectivity index (χ2n) is 8.39. The van der Waals surface area contributed by atoms with Gasteiger partial charge in [-0.3, -0.25) is 19.7 Å². The number of carbonyl (C=O) groups is 2. The summed E-state index contributed by atoms with van der Waals surface area (Å²) in [7, 11) is 1.53. The van der Waals surface area contributed by atoms with Gasteiger partial charge in [0.2, 0.25) is 6.04 Å². The van der Waals surface area contributed by atoms with Crippen LogP contribution >= 0.6 is 0 Å². The van der Waals surface area contributed by atoms with Crippen LogP contribution in [0.5, 0.6) is 5.75 Å². The Morgan fingerprint density at radius 1 is 0.941 bits per heavy atom. The number of nitrogens with zero attached hydrogens (tertiary/aromatic N) is 1. The lowest BCUT2D eigenvalue weighted by molar-refractivity contribution is -0.533. The molecule has 0 amide bonds. The van der Waals surface area contributed by atoms with Gasteiger partial charge in [-0.05, 0) is 34.9 Å². The topological polar surface area (TPSA) is 86.5 Å². The number of ketones is 2. The van der Waals surface area contributed by atoms with Crippen molar-refractivity contribution in [3.63, 3.8) is 0 Å². The summed E-state index contributed by atoms with van der Waals surface area (Å²) in [5.41, 5.74) is 2.11. The Morgan fingerprint density at radius 2 is 1.56 bits per heavy atom. The van der Waals surface area contributed by atoms with Crippen molar-refractivity contribution in [3.05, 3.63) is 118 Å². The summed E-state index contributed by atoms with van der Waals surface area (Å²) < 4.78 is 5.23. The third-order valence-corrected chi connectivity index (χ3v) is 6.43. The molecule has 3 aromatic rings. The molecule has 6 heteroatoms. The van der Waals surface area contributed by atoms with Gasteiger partial charge in [0.1, 0.15) is 11.5 Å². The normalized spacial score (nSPS) is 22.4. The molecule has 4 unspecified atom stereocenters. The molecule has 0 aliphatic heterocycles. The highest BCUT2D eigenvalue weighted by Crippen LogP contribution is 2.45. The van der Waals surface area contributed by atoms with E-state index in [0.717, 1.165) is 11.1 Å². The molecular formula is C28H25NO5. The number of rotatable bonds is 7. The lowest BCUT2D eigenvalue weighted by atomic mass is 9.64. The van der Waals surface area contributed by atoms with Crippen molar-refractivity contribution in [2.75, 3.05) is 7.11 Å². The maximum Gasteiger partial charge on any atom is 0.228 e. The van der Waals surface area contributed by atoms with Gasteiger partial charge >= 0.3 is 0 Å². The van der Waals surface area contributed by atoms with Gasteiger partial charge in [-0.1, -0.05) is 78.9 Å². The highest BCUT2D eigenvalue weighted by Gasteiger charge is 2.53. The highest BCUT2D eigenvalue weighted by molar-refractivity contribution is 6.10. The van der Waals surface area contributed by atoms with Crippen LogP contribution in [0.4, 0.5) is 0 Å². The summed E-state index contributed by atoms with van der Waals surface area (Å²) in [4.78, 5) is 38.9. The Morgan fingerprint density at radius 3 is 2.15 bits per heavy atom. The van der Waals surface area contributed by atoms with E-state index < -0.39 is 29.6 Å². The minimum atomic E-state index is -1.14. The van der Waals surface area contributed by atoms with Gasteiger partial charge in [-0.15, -0.1) is 0 Å². The molecule has 1 aliphatic carbocycles. The van der Waals surface area contributed by atoms with E-state index in [0.29, 0.717) is 11.3 Å². The van der Waals surface area contributed by atoms with Crippen LogP contribution in [-0.2, 0) is 9.59 Å². The molecule has 0 bridgehead atoms. The fraction of sp³-hybridized carbons (Fsp3) is 0.214. The van der Waals surface area contributed by atoms with Crippen molar-refractivity contribution in [1.82, 2.24) is 0 Å². The van der Waals surface area contributed by atoms with Gasteiger partial charge in [-0.2, -0.15) is 0 Å². The predicted molar refractivity (Wildman–Crippen MR) is 129 cm³/mol. The molecule has 34 heavy (non-hydrogen) atoms. The SMILES string of the molecule is COc1ccc(C2C(C(=O)/C=C/c3ccccc3)C(=O)CC(c3ccccc3)C2[N+](=O)[O-])cc1. The van der Waals surface area contributed by atoms with Crippen LogP contribution in [0.1, 0.15) is 34.9 Å². The van der Waals surface area contributed by atoms with E-state index in [2.05, 4.69) is 0 Å². The molecule has 1 fully saturated rings. The monoisotopic (exact) mass is 455 g/mol. The van der Waals surface area contributed by atoms with Crippen LogP contribution in [0.2, 0.25) is 0 Å². The van der Waals surface area contributed by atoms with Crippen LogP contribution in [0.25, 0.3) is 6.08 Å². The number of benzene rings is 3. The predicted octanol–water partition coefficient (Wildman–Crippen LogP) is 5.08. The molecule has 0 heterocycles. The lowest BCUT2D eigenvalue weighted by Crippen LogP contribution is -2.48. The summed E-state index contributed by atoms with van der Waals surface area (Å²) in [6.45, 7) is 0. The molecule has 0 N–H and O–H groups in total. The molecule has 172 valence electrons. The first-order chi connectivity index (χ1) is 16.5. The van der Waals surface area contributed by atoms with Crippen molar-refractivity contribution >= 4 is 17.6 Å². The van der Waals surface area contributed by atoms with Gasteiger partial charge in [-0.25, -0.2) is 0 Å². The fourth-order valence-corrected chi connectivity index (χ4v) is 4.80. The number of Topliss-reactive ketones (excluding diaryl/α,β-unsaturated/α-hetero) is 1. The second kappa shape index (κ2) is 10.3. The van der Waals surface area contributed by atoms with Crippen molar-refractivity contribution in [2.24, 2.45) is 5.92 Å².